The molecule has 2 atom stereocenters. The van der Waals surface area contributed by atoms with Gasteiger partial charge in [0, 0.05) is 13.1 Å². The number of benzene rings is 1. The molecule has 2 rings (SSSR count). The number of hydrogen-bond donors (Lipinski definition) is 2. The van der Waals surface area contributed by atoms with Gasteiger partial charge in [-0.1, -0.05) is 44.2 Å². The molecule has 1 aliphatic heterocycles. The second-order valence-electron chi connectivity index (χ2n) is 7.75. The molecule has 1 aliphatic rings. The first-order valence-electron chi connectivity index (χ1n) is 9.79. The molecule has 0 radical (unpaired) electrons. The lowest BCUT2D eigenvalue weighted by molar-refractivity contribution is -0.152. The number of nitrogens with one attached hydrogen (secondary N) is 1. The third-order valence-electron chi connectivity index (χ3n) is 5.36. The van der Waals surface area contributed by atoms with Gasteiger partial charge in [-0.05, 0) is 30.9 Å². The molecule has 8 heteroatoms. The molecule has 1 fully saturated rings. The smallest absolute Gasteiger partial charge is 0.407 e. The van der Waals surface area contributed by atoms with E-state index in [1.807, 2.05) is 44.2 Å². The Labute approximate surface area is 171 Å². The molecular formula is C21H30N2O6. The summed E-state index contributed by atoms with van der Waals surface area (Å²) in [5.74, 6) is -0.781. The minimum Gasteiger partial charge on any atom is -0.469 e. The maximum atomic E-state index is 12.5. The third kappa shape index (κ3) is 5.93. The van der Waals surface area contributed by atoms with Crippen LogP contribution in [0.15, 0.2) is 30.3 Å². The number of rotatable bonds is 9. The highest BCUT2D eigenvalue weighted by molar-refractivity contribution is 5.79. The van der Waals surface area contributed by atoms with Gasteiger partial charge in [-0.2, -0.15) is 0 Å². The van der Waals surface area contributed by atoms with Crippen molar-refractivity contribution in [2.75, 3.05) is 26.7 Å². The molecule has 1 saturated heterocycles. The van der Waals surface area contributed by atoms with Crippen molar-refractivity contribution in [3.63, 3.8) is 0 Å². The topological polar surface area (TPSA) is 105 Å². The molecule has 0 aliphatic carbocycles. The van der Waals surface area contributed by atoms with E-state index in [0.717, 1.165) is 5.56 Å². The van der Waals surface area contributed by atoms with Gasteiger partial charge in [0.05, 0.1) is 12.5 Å². The summed E-state index contributed by atoms with van der Waals surface area (Å²) in [4.78, 5) is 37.4. The number of esters is 2. The van der Waals surface area contributed by atoms with E-state index in [1.54, 1.807) is 0 Å². The summed E-state index contributed by atoms with van der Waals surface area (Å²) in [7, 11) is 1.30. The number of ether oxygens (including phenoxy) is 2. The molecule has 1 unspecified atom stereocenters. The van der Waals surface area contributed by atoms with Crippen LogP contribution in [-0.4, -0.2) is 60.8 Å². The molecule has 8 nitrogen and oxygen atoms in total. The van der Waals surface area contributed by atoms with Gasteiger partial charge >= 0.3 is 18.0 Å². The average molecular weight is 406 g/mol. The summed E-state index contributed by atoms with van der Waals surface area (Å²) in [6.07, 6.45) is -0.273. The number of hydrogen-bond acceptors (Lipinski definition) is 6. The lowest BCUT2D eigenvalue weighted by atomic mass is 9.83. The number of carbonyl (C=O) groups is 3. The molecule has 29 heavy (non-hydrogen) atoms. The van der Waals surface area contributed by atoms with Crippen LogP contribution >= 0.6 is 0 Å². The van der Waals surface area contributed by atoms with Gasteiger partial charge in [0.15, 0.2) is 0 Å². The molecule has 0 spiro atoms. The molecule has 160 valence electrons. The number of methoxy groups -OCH3 is 1. The van der Waals surface area contributed by atoms with Crippen molar-refractivity contribution < 1.29 is 29.0 Å². The number of carboxylic acid groups (broad SMARTS) is 1. The van der Waals surface area contributed by atoms with E-state index in [1.165, 1.54) is 12.0 Å². The van der Waals surface area contributed by atoms with E-state index in [9.17, 15) is 19.5 Å². The molecule has 1 amide bonds. The second-order valence-corrected chi connectivity index (χ2v) is 7.75. The molecule has 0 aromatic heterocycles. The van der Waals surface area contributed by atoms with Crippen LogP contribution in [0.2, 0.25) is 0 Å². The van der Waals surface area contributed by atoms with Crippen LogP contribution < -0.4 is 5.32 Å². The number of nitrogens with zero attached hydrogens (tertiary/aromatic N) is 1. The van der Waals surface area contributed by atoms with E-state index in [0.29, 0.717) is 19.4 Å². The van der Waals surface area contributed by atoms with Crippen molar-refractivity contribution in [1.82, 2.24) is 10.2 Å². The lowest BCUT2D eigenvalue weighted by Gasteiger charge is -2.28. The number of amides is 1. The van der Waals surface area contributed by atoms with Gasteiger partial charge in [0.2, 0.25) is 0 Å². The van der Waals surface area contributed by atoms with E-state index >= 15 is 0 Å². The minimum absolute atomic E-state index is 0.00792. The standard InChI is InChI=1S/C21H30N2O6/c1-15(2)17(18(24)29-13-16-7-5-4-6-8-16)22-11-9-21(19(25)28-3)10-12-23(14-21)20(26)27/h4-8,15,17,22H,9-14H2,1-3H3,(H,26,27)/t17-,21?/m0/s1. The van der Waals surface area contributed by atoms with Crippen molar-refractivity contribution in [1.29, 1.82) is 0 Å². The first-order valence-corrected chi connectivity index (χ1v) is 9.79. The average Bonchev–Trinajstić information content (AvgIpc) is 3.15. The van der Waals surface area contributed by atoms with Crippen LogP contribution in [0.4, 0.5) is 4.79 Å². The predicted octanol–water partition coefficient (Wildman–Crippen LogP) is 2.28. The van der Waals surface area contributed by atoms with Gasteiger partial charge in [0.25, 0.3) is 0 Å². The second kappa shape index (κ2) is 10.2. The predicted molar refractivity (Wildman–Crippen MR) is 106 cm³/mol. The molecular weight excluding hydrogens is 376 g/mol. The van der Waals surface area contributed by atoms with Crippen molar-refractivity contribution >= 4 is 18.0 Å². The SMILES string of the molecule is COC(=O)C1(CCN[C@H](C(=O)OCc2ccccc2)C(C)C)CCN(C(=O)O)C1. The number of likely N-dealkylation sites (tertiary alicyclic amines) is 1. The first kappa shape index (κ1) is 22.7. The zero-order chi connectivity index (χ0) is 21.4. The van der Waals surface area contributed by atoms with E-state index in [4.69, 9.17) is 9.47 Å². The maximum Gasteiger partial charge on any atom is 0.407 e. The zero-order valence-corrected chi connectivity index (χ0v) is 17.2. The summed E-state index contributed by atoms with van der Waals surface area (Å²) in [5.41, 5.74) is 0.0167. The third-order valence-corrected chi connectivity index (χ3v) is 5.36. The van der Waals surface area contributed by atoms with Crippen LogP contribution in [0.25, 0.3) is 0 Å². The fourth-order valence-electron chi connectivity index (χ4n) is 3.60. The van der Waals surface area contributed by atoms with Crippen molar-refractivity contribution in [2.45, 2.75) is 39.3 Å². The summed E-state index contributed by atoms with van der Waals surface area (Å²) in [6.45, 7) is 4.78. The quantitative estimate of drug-likeness (QED) is 0.606. The van der Waals surface area contributed by atoms with Crippen LogP contribution in [0.1, 0.15) is 32.3 Å². The molecule has 1 aromatic rings. The van der Waals surface area contributed by atoms with Crippen LogP contribution in [0.5, 0.6) is 0 Å². The Morgan fingerprint density at radius 3 is 2.48 bits per heavy atom. The monoisotopic (exact) mass is 406 g/mol. The minimum atomic E-state index is -1.05. The van der Waals surface area contributed by atoms with Crippen LogP contribution in [-0.2, 0) is 25.7 Å². The van der Waals surface area contributed by atoms with Gasteiger partial charge in [-0.15, -0.1) is 0 Å². The zero-order valence-electron chi connectivity index (χ0n) is 17.2. The first-order chi connectivity index (χ1) is 13.8. The Hall–Kier alpha value is -2.61. The molecule has 1 aromatic carbocycles. The Bertz CT molecular complexity index is 708. The molecule has 1 heterocycles. The van der Waals surface area contributed by atoms with Gasteiger partial charge in [-0.25, -0.2) is 4.79 Å². The molecule has 0 saturated carbocycles. The Morgan fingerprint density at radius 1 is 1.24 bits per heavy atom. The summed E-state index contributed by atoms with van der Waals surface area (Å²) < 4.78 is 10.4. The normalized spacial score (nSPS) is 19.8. The van der Waals surface area contributed by atoms with E-state index < -0.39 is 23.5 Å². The fourth-order valence-corrected chi connectivity index (χ4v) is 3.60. The highest BCUT2D eigenvalue weighted by Crippen LogP contribution is 2.35. The summed E-state index contributed by atoms with van der Waals surface area (Å²) in [6, 6.07) is 8.92. The van der Waals surface area contributed by atoms with Gasteiger partial charge in [-0.3, -0.25) is 9.59 Å². The Balaban J connectivity index is 1.93. The number of carbonyl (C=O) groups excluding carboxylic acids is 2. The van der Waals surface area contributed by atoms with Crippen molar-refractivity contribution in [2.24, 2.45) is 11.3 Å². The van der Waals surface area contributed by atoms with Crippen molar-refractivity contribution in [3.05, 3.63) is 35.9 Å². The maximum absolute atomic E-state index is 12.5. The largest absolute Gasteiger partial charge is 0.469 e. The van der Waals surface area contributed by atoms with Crippen molar-refractivity contribution in [3.8, 4) is 0 Å². The molecule has 0 bridgehead atoms. The van der Waals surface area contributed by atoms with E-state index in [-0.39, 0.29) is 31.6 Å². The van der Waals surface area contributed by atoms with E-state index in [2.05, 4.69) is 5.32 Å². The highest BCUT2D eigenvalue weighted by atomic mass is 16.5. The fraction of sp³-hybridized carbons (Fsp3) is 0.571. The summed E-state index contributed by atoms with van der Waals surface area (Å²) >= 11 is 0. The van der Waals surface area contributed by atoms with Gasteiger partial charge < -0.3 is 24.8 Å². The van der Waals surface area contributed by atoms with Crippen LogP contribution in [0, 0.1) is 11.3 Å². The van der Waals surface area contributed by atoms with Crippen LogP contribution in [0.3, 0.4) is 0 Å². The molecule has 2 N–H and O–H groups in total. The Kier molecular flexibility index (Phi) is 8.01. The summed E-state index contributed by atoms with van der Waals surface area (Å²) in [5, 5.41) is 12.4. The van der Waals surface area contributed by atoms with Gasteiger partial charge in [0.1, 0.15) is 12.6 Å². The Morgan fingerprint density at radius 2 is 1.93 bits per heavy atom. The lowest BCUT2D eigenvalue weighted by Crippen LogP contribution is -2.45. The highest BCUT2D eigenvalue weighted by Gasteiger charge is 2.46.